The van der Waals surface area contributed by atoms with E-state index in [9.17, 15) is 9.59 Å². The number of thiophene rings is 1. The number of carbonyl (C=O) groups excluding carboxylic acids is 2. The van der Waals surface area contributed by atoms with E-state index in [1.807, 2.05) is 31.2 Å². The van der Waals surface area contributed by atoms with Gasteiger partial charge in [0.05, 0.1) is 29.8 Å². The van der Waals surface area contributed by atoms with Crippen molar-refractivity contribution in [3.63, 3.8) is 0 Å². The van der Waals surface area contributed by atoms with Gasteiger partial charge in [-0.05, 0) is 37.3 Å². The Labute approximate surface area is 193 Å². The van der Waals surface area contributed by atoms with Gasteiger partial charge in [-0.2, -0.15) is 0 Å². The second-order valence-electron chi connectivity index (χ2n) is 6.98. The molecule has 0 radical (unpaired) electrons. The van der Waals surface area contributed by atoms with Crippen LogP contribution in [0.4, 0.5) is 0 Å². The second-order valence-corrected chi connectivity index (χ2v) is 9.11. The molecule has 3 aromatic heterocycles. The molecule has 1 aromatic carbocycles. The molecule has 10 heteroatoms. The molecule has 8 nitrogen and oxygen atoms in total. The monoisotopic (exact) mass is 467 g/mol. The van der Waals surface area contributed by atoms with Crippen molar-refractivity contribution in [3.05, 3.63) is 64.1 Å². The third-order valence-electron chi connectivity index (χ3n) is 4.70. The largest absolute Gasteiger partial charge is 0.497 e. The number of aryl methyl sites for hydroxylation is 2. The number of nitrogens with one attached hydrogen (secondary N) is 1. The Bertz CT molecular complexity index is 1300. The molecule has 0 fully saturated rings. The van der Waals surface area contributed by atoms with Crippen LogP contribution in [-0.4, -0.2) is 44.1 Å². The van der Waals surface area contributed by atoms with Crippen LogP contribution in [0.15, 0.2) is 47.8 Å². The van der Waals surface area contributed by atoms with Crippen molar-refractivity contribution in [2.45, 2.75) is 18.5 Å². The first-order chi connectivity index (χ1) is 15.4. The summed E-state index contributed by atoms with van der Waals surface area (Å²) in [6.07, 6.45) is 3.29. The van der Waals surface area contributed by atoms with Gasteiger partial charge in [0.1, 0.15) is 16.6 Å². The number of nitrogens with zero attached hydrogens (tertiary/aromatic N) is 4. The first-order valence-corrected chi connectivity index (χ1v) is 11.6. The Morgan fingerprint density at radius 1 is 1.22 bits per heavy atom. The highest BCUT2D eigenvalue weighted by Gasteiger charge is 2.15. The van der Waals surface area contributed by atoms with Gasteiger partial charge in [0.15, 0.2) is 11.6 Å². The van der Waals surface area contributed by atoms with Crippen LogP contribution in [-0.2, 0) is 13.6 Å². The molecule has 0 saturated heterocycles. The fourth-order valence-electron chi connectivity index (χ4n) is 3.09. The van der Waals surface area contributed by atoms with Crippen molar-refractivity contribution in [3.8, 4) is 5.75 Å². The summed E-state index contributed by atoms with van der Waals surface area (Å²) in [6.45, 7) is 2.17. The lowest BCUT2D eigenvalue weighted by atomic mass is 10.2. The lowest BCUT2D eigenvalue weighted by Gasteiger charge is -2.08. The molecule has 3 heterocycles. The maximum Gasteiger partial charge on any atom is 0.287 e. The summed E-state index contributed by atoms with van der Waals surface area (Å²) in [4.78, 5) is 39.5. The number of methoxy groups -OCH3 is 1. The standard InChI is InChI=1S/C22H21N5O3S2/c1-13-25-17-6-4-14(30-3)10-16(17)22(26-13)31-12-18(28)19-7-5-15(32-19)11-24-21(29)20-23-8-9-27(20)2/h4-10H,11-12H2,1-3H3,(H,24,29). The molecule has 4 rings (SSSR count). The van der Waals surface area contributed by atoms with Crippen LogP contribution in [0.25, 0.3) is 10.9 Å². The Kier molecular flexibility index (Phi) is 6.52. The van der Waals surface area contributed by atoms with Gasteiger partial charge in [-0.1, -0.05) is 11.8 Å². The number of thioether (sulfide) groups is 1. The average molecular weight is 468 g/mol. The Hall–Kier alpha value is -3.24. The minimum absolute atomic E-state index is 0.00832. The van der Waals surface area contributed by atoms with Gasteiger partial charge in [0, 0.05) is 29.7 Å². The number of hydrogen-bond acceptors (Lipinski definition) is 8. The van der Waals surface area contributed by atoms with E-state index in [4.69, 9.17) is 4.74 Å². The van der Waals surface area contributed by atoms with Crippen LogP contribution >= 0.6 is 23.1 Å². The molecule has 1 N–H and O–H groups in total. The molecule has 164 valence electrons. The summed E-state index contributed by atoms with van der Waals surface area (Å²) in [5, 5.41) is 4.44. The van der Waals surface area contributed by atoms with Crippen molar-refractivity contribution < 1.29 is 14.3 Å². The second kappa shape index (κ2) is 9.49. The quantitative estimate of drug-likeness (QED) is 0.240. The van der Waals surface area contributed by atoms with Gasteiger partial charge in [-0.3, -0.25) is 9.59 Å². The molecular formula is C22H21N5O3S2. The van der Waals surface area contributed by atoms with E-state index in [-0.39, 0.29) is 17.4 Å². The maximum absolute atomic E-state index is 12.8. The van der Waals surface area contributed by atoms with E-state index in [1.54, 1.807) is 37.2 Å². The van der Waals surface area contributed by atoms with Gasteiger partial charge in [-0.25, -0.2) is 15.0 Å². The summed E-state index contributed by atoms with van der Waals surface area (Å²) >= 11 is 2.76. The Morgan fingerprint density at radius 2 is 2.06 bits per heavy atom. The number of imidazole rings is 1. The third kappa shape index (κ3) is 4.81. The highest BCUT2D eigenvalue weighted by atomic mass is 32.2. The van der Waals surface area contributed by atoms with Gasteiger partial charge < -0.3 is 14.6 Å². The molecule has 0 atom stereocenters. The highest BCUT2D eigenvalue weighted by molar-refractivity contribution is 8.00. The first-order valence-electron chi connectivity index (χ1n) is 9.77. The van der Waals surface area contributed by atoms with Crippen LogP contribution in [0.5, 0.6) is 5.75 Å². The third-order valence-corrected chi connectivity index (χ3v) is 6.82. The zero-order chi connectivity index (χ0) is 22.7. The molecule has 0 unspecified atom stereocenters. The SMILES string of the molecule is COc1ccc2nc(C)nc(SCC(=O)c3ccc(CNC(=O)c4nccn4C)s3)c2c1. The predicted molar refractivity (Wildman–Crippen MR) is 125 cm³/mol. The summed E-state index contributed by atoms with van der Waals surface area (Å²) in [5.74, 6) is 1.72. The number of Topliss-reactive ketones (excluding diaryl/α,β-unsaturated/α-hetero) is 1. The van der Waals surface area contributed by atoms with E-state index >= 15 is 0 Å². The molecule has 4 aromatic rings. The zero-order valence-electron chi connectivity index (χ0n) is 17.8. The van der Waals surface area contributed by atoms with Crippen LogP contribution in [0, 0.1) is 6.92 Å². The number of aromatic nitrogens is 4. The van der Waals surface area contributed by atoms with Gasteiger partial charge >= 0.3 is 0 Å². The fraction of sp³-hybridized carbons (Fsp3) is 0.227. The van der Waals surface area contributed by atoms with E-state index < -0.39 is 0 Å². The van der Waals surface area contributed by atoms with Crippen LogP contribution < -0.4 is 10.1 Å². The highest BCUT2D eigenvalue weighted by Crippen LogP contribution is 2.29. The lowest BCUT2D eigenvalue weighted by molar-refractivity contribution is 0.0937. The number of amides is 1. The maximum atomic E-state index is 12.8. The van der Waals surface area contributed by atoms with Crippen LogP contribution in [0.3, 0.4) is 0 Å². The molecule has 0 spiro atoms. The van der Waals surface area contributed by atoms with Gasteiger partial charge in [-0.15, -0.1) is 11.3 Å². The molecule has 0 aliphatic heterocycles. The van der Waals surface area contributed by atoms with Crippen molar-refractivity contribution in [1.29, 1.82) is 0 Å². The van der Waals surface area contributed by atoms with Gasteiger partial charge in [0.25, 0.3) is 5.91 Å². The fourth-order valence-corrected chi connectivity index (χ4v) is 5.00. The average Bonchev–Trinajstić information content (AvgIpc) is 3.44. The summed E-state index contributed by atoms with van der Waals surface area (Å²) in [7, 11) is 3.37. The van der Waals surface area contributed by atoms with Crippen LogP contribution in [0.2, 0.25) is 0 Å². The Morgan fingerprint density at radius 3 is 2.81 bits per heavy atom. The number of ether oxygens (including phenoxy) is 1. The molecule has 0 bridgehead atoms. The summed E-state index contributed by atoms with van der Waals surface area (Å²) < 4.78 is 6.97. The zero-order valence-corrected chi connectivity index (χ0v) is 19.4. The van der Waals surface area contributed by atoms with Crippen molar-refractivity contribution in [2.24, 2.45) is 7.05 Å². The van der Waals surface area contributed by atoms with E-state index in [2.05, 4.69) is 20.3 Å². The van der Waals surface area contributed by atoms with E-state index in [0.29, 0.717) is 28.8 Å². The van der Waals surface area contributed by atoms with E-state index in [1.165, 1.54) is 23.1 Å². The lowest BCUT2D eigenvalue weighted by Crippen LogP contribution is -2.25. The molecule has 0 aliphatic rings. The Balaban J connectivity index is 1.40. The number of benzene rings is 1. The van der Waals surface area contributed by atoms with Gasteiger partial charge in [0.2, 0.25) is 0 Å². The topological polar surface area (TPSA) is 99.0 Å². The number of hydrogen-bond donors (Lipinski definition) is 1. The smallest absolute Gasteiger partial charge is 0.287 e. The minimum atomic E-state index is -0.254. The summed E-state index contributed by atoms with van der Waals surface area (Å²) in [5.41, 5.74) is 0.815. The molecule has 0 aliphatic carbocycles. The van der Waals surface area contributed by atoms with Crippen molar-refractivity contribution in [1.82, 2.24) is 24.8 Å². The molecular weight excluding hydrogens is 446 g/mol. The molecule has 0 saturated carbocycles. The van der Waals surface area contributed by atoms with E-state index in [0.717, 1.165) is 20.8 Å². The number of rotatable bonds is 8. The number of carbonyl (C=O) groups is 2. The first kappa shape index (κ1) is 22.0. The summed E-state index contributed by atoms with van der Waals surface area (Å²) in [6, 6.07) is 9.28. The number of fused-ring (bicyclic) bond motifs is 1. The predicted octanol–water partition coefficient (Wildman–Crippen LogP) is 3.65. The molecule has 1 amide bonds. The van der Waals surface area contributed by atoms with Crippen molar-refractivity contribution in [2.75, 3.05) is 12.9 Å². The molecule has 32 heavy (non-hydrogen) atoms. The van der Waals surface area contributed by atoms with Crippen molar-refractivity contribution >= 4 is 45.7 Å². The number of ketones is 1. The van der Waals surface area contributed by atoms with Crippen LogP contribution in [0.1, 0.15) is 31.0 Å². The normalized spacial score (nSPS) is 11.0. The minimum Gasteiger partial charge on any atom is -0.497 e.